The fourth-order valence-corrected chi connectivity index (χ4v) is 2.36. The maximum Gasteiger partial charge on any atom is 0.421 e. The number of benzene rings is 1. The van der Waals surface area contributed by atoms with Crippen molar-refractivity contribution in [3.05, 3.63) is 23.3 Å². The number of phenols is 1. The molecular weight excluding hydrogens is 304 g/mol. The van der Waals surface area contributed by atoms with Crippen LogP contribution in [0.2, 0.25) is 0 Å². The van der Waals surface area contributed by atoms with Crippen molar-refractivity contribution in [1.29, 1.82) is 0 Å². The Morgan fingerprint density at radius 1 is 1.00 bits per heavy atom. The van der Waals surface area contributed by atoms with Gasteiger partial charge in [-0.15, -0.1) is 0 Å². The maximum absolute atomic E-state index is 12.6. The van der Waals surface area contributed by atoms with Gasteiger partial charge in [0, 0.05) is 0 Å². The fourth-order valence-electron chi connectivity index (χ4n) is 1.36. The molecule has 108 valence electrons. The number of aromatic hydroxyl groups is 1. The van der Waals surface area contributed by atoms with E-state index < -0.39 is 44.1 Å². The van der Waals surface area contributed by atoms with Crippen molar-refractivity contribution in [2.45, 2.75) is 17.2 Å². The lowest BCUT2D eigenvalue weighted by molar-refractivity contribution is -0.148. The van der Waals surface area contributed by atoms with Crippen molar-refractivity contribution in [2.75, 3.05) is 0 Å². The smallest absolute Gasteiger partial charge is 0.421 e. The van der Waals surface area contributed by atoms with E-state index in [1.807, 2.05) is 0 Å². The van der Waals surface area contributed by atoms with E-state index in [0.717, 1.165) is 0 Å². The average molecular weight is 309 g/mol. The van der Waals surface area contributed by atoms with E-state index >= 15 is 0 Å². The van der Waals surface area contributed by atoms with Crippen LogP contribution in [0, 0.1) is 0 Å². The summed E-state index contributed by atoms with van der Waals surface area (Å²) in [5.74, 6) is -1.66. The van der Waals surface area contributed by atoms with Gasteiger partial charge in [0.2, 0.25) is 10.0 Å². The number of hydrogen-bond acceptors (Lipinski definition) is 3. The van der Waals surface area contributed by atoms with Crippen LogP contribution in [0.3, 0.4) is 0 Å². The molecule has 0 atom stereocenters. The molecule has 1 aromatic carbocycles. The van der Waals surface area contributed by atoms with E-state index in [1.54, 1.807) is 0 Å². The first kappa shape index (κ1) is 15.6. The lowest BCUT2D eigenvalue weighted by Crippen LogP contribution is -2.24. The molecular formula is C8H5F6NO3S. The molecule has 0 fully saturated rings. The summed E-state index contributed by atoms with van der Waals surface area (Å²) in [5, 5.41) is 13.4. The van der Waals surface area contributed by atoms with Gasteiger partial charge >= 0.3 is 12.4 Å². The van der Waals surface area contributed by atoms with Gasteiger partial charge in [-0.25, -0.2) is 13.6 Å². The van der Waals surface area contributed by atoms with Crippen LogP contribution in [0.5, 0.6) is 5.75 Å². The third kappa shape index (κ3) is 3.10. The summed E-state index contributed by atoms with van der Waals surface area (Å²) < 4.78 is 97.2. The molecule has 0 radical (unpaired) electrons. The molecule has 0 saturated heterocycles. The van der Waals surface area contributed by atoms with Crippen LogP contribution in [-0.2, 0) is 22.4 Å². The van der Waals surface area contributed by atoms with Crippen LogP contribution in [0.4, 0.5) is 26.3 Å². The van der Waals surface area contributed by atoms with E-state index in [2.05, 4.69) is 5.14 Å². The third-order valence-corrected chi connectivity index (χ3v) is 3.00. The first-order chi connectivity index (χ1) is 8.26. The number of alkyl halides is 6. The normalized spacial score (nSPS) is 13.6. The summed E-state index contributed by atoms with van der Waals surface area (Å²) in [7, 11) is -5.35. The molecule has 3 N–H and O–H groups in total. The second kappa shape index (κ2) is 4.27. The topological polar surface area (TPSA) is 80.4 Å². The molecule has 0 aliphatic carbocycles. The molecule has 0 aliphatic heterocycles. The lowest BCUT2D eigenvalue weighted by atomic mass is 10.1. The third-order valence-electron chi connectivity index (χ3n) is 2.01. The Hall–Kier alpha value is -1.49. The lowest BCUT2D eigenvalue weighted by Gasteiger charge is -2.18. The Kier molecular flexibility index (Phi) is 3.50. The highest BCUT2D eigenvalue weighted by Gasteiger charge is 2.46. The van der Waals surface area contributed by atoms with Crippen molar-refractivity contribution in [1.82, 2.24) is 0 Å². The minimum absolute atomic E-state index is 0.00428. The minimum atomic E-state index is -5.52. The molecule has 1 rings (SSSR count). The maximum atomic E-state index is 12.6. The van der Waals surface area contributed by atoms with Crippen LogP contribution in [0.15, 0.2) is 17.0 Å². The Morgan fingerprint density at radius 2 is 1.47 bits per heavy atom. The SMILES string of the molecule is NS(=O)(=O)c1c(C(F)(F)F)ccc(O)c1C(F)(F)F. The quantitative estimate of drug-likeness (QED) is 0.779. The van der Waals surface area contributed by atoms with E-state index in [9.17, 15) is 34.8 Å². The predicted molar refractivity (Wildman–Crippen MR) is 49.5 cm³/mol. The second-order valence-electron chi connectivity index (χ2n) is 3.38. The standard InChI is InChI=1S/C8H5F6NO3S/c9-7(10,11)3-1-2-4(16)5(8(12,13)14)6(3)19(15,17)18/h1-2,16H,(H2,15,17,18). The first-order valence-electron chi connectivity index (χ1n) is 4.29. The zero-order chi connectivity index (χ0) is 15.2. The number of primary sulfonamides is 1. The summed E-state index contributed by atoms with van der Waals surface area (Å²) in [4.78, 5) is -2.20. The zero-order valence-corrected chi connectivity index (χ0v) is 9.49. The van der Waals surface area contributed by atoms with Crippen molar-refractivity contribution in [3.8, 4) is 5.75 Å². The molecule has 1 aromatic rings. The highest BCUT2D eigenvalue weighted by Crippen LogP contribution is 2.45. The number of halogens is 6. The largest absolute Gasteiger partial charge is 0.507 e. The molecule has 0 bridgehead atoms. The van der Waals surface area contributed by atoms with Crippen molar-refractivity contribution in [2.24, 2.45) is 5.14 Å². The van der Waals surface area contributed by atoms with Gasteiger partial charge in [0.25, 0.3) is 0 Å². The van der Waals surface area contributed by atoms with Gasteiger partial charge in [-0.1, -0.05) is 0 Å². The monoisotopic (exact) mass is 309 g/mol. The van der Waals surface area contributed by atoms with Gasteiger partial charge in [-0.3, -0.25) is 0 Å². The summed E-state index contributed by atoms with van der Waals surface area (Å²) in [6.45, 7) is 0. The summed E-state index contributed by atoms with van der Waals surface area (Å²) in [6.07, 6.45) is -10.9. The van der Waals surface area contributed by atoms with Crippen LogP contribution < -0.4 is 5.14 Å². The van der Waals surface area contributed by atoms with E-state index in [1.165, 1.54) is 0 Å². The van der Waals surface area contributed by atoms with Gasteiger partial charge < -0.3 is 5.11 Å². The Morgan fingerprint density at radius 3 is 1.79 bits per heavy atom. The van der Waals surface area contributed by atoms with Crippen LogP contribution in [0.25, 0.3) is 0 Å². The molecule has 19 heavy (non-hydrogen) atoms. The van der Waals surface area contributed by atoms with Gasteiger partial charge in [-0.05, 0) is 12.1 Å². The van der Waals surface area contributed by atoms with Crippen molar-refractivity contribution < 1.29 is 39.9 Å². The van der Waals surface area contributed by atoms with Gasteiger partial charge in [-0.2, -0.15) is 26.3 Å². The zero-order valence-electron chi connectivity index (χ0n) is 8.67. The molecule has 0 saturated carbocycles. The molecule has 0 amide bonds. The molecule has 0 spiro atoms. The average Bonchev–Trinajstić information content (AvgIpc) is 2.11. The predicted octanol–water partition coefficient (Wildman–Crippen LogP) is 2.08. The number of hydrogen-bond donors (Lipinski definition) is 2. The second-order valence-corrected chi connectivity index (χ2v) is 4.88. The number of phenolic OH excluding ortho intramolecular Hbond substituents is 1. The van der Waals surface area contributed by atoms with Crippen molar-refractivity contribution in [3.63, 3.8) is 0 Å². The van der Waals surface area contributed by atoms with Crippen LogP contribution >= 0.6 is 0 Å². The van der Waals surface area contributed by atoms with Gasteiger partial charge in [0.1, 0.15) is 16.2 Å². The van der Waals surface area contributed by atoms with Crippen LogP contribution in [-0.4, -0.2) is 13.5 Å². The van der Waals surface area contributed by atoms with E-state index in [0.29, 0.717) is 0 Å². The Labute approximate surface area is 102 Å². The molecule has 11 heteroatoms. The van der Waals surface area contributed by atoms with Gasteiger partial charge in [0.05, 0.1) is 5.56 Å². The fraction of sp³-hybridized carbons (Fsp3) is 0.250. The van der Waals surface area contributed by atoms with Crippen molar-refractivity contribution >= 4 is 10.0 Å². The Balaban J connectivity index is 3.94. The van der Waals surface area contributed by atoms with Gasteiger partial charge in [0.15, 0.2) is 0 Å². The molecule has 0 unspecified atom stereocenters. The number of sulfonamides is 1. The number of nitrogens with two attached hydrogens (primary N) is 1. The first-order valence-corrected chi connectivity index (χ1v) is 5.84. The highest BCUT2D eigenvalue weighted by molar-refractivity contribution is 7.89. The van der Waals surface area contributed by atoms with E-state index in [-0.39, 0.29) is 12.1 Å². The molecule has 0 heterocycles. The molecule has 0 aliphatic rings. The minimum Gasteiger partial charge on any atom is -0.507 e. The molecule has 0 aromatic heterocycles. The summed E-state index contributed by atoms with van der Waals surface area (Å²) >= 11 is 0. The Bertz CT molecular complexity index is 604. The van der Waals surface area contributed by atoms with Crippen LogP contribution in [0.1, 0.15) is 11.1 Å². The highest BCUT2D eigenvalue weighted by atomic mass is 32.2. The van der Waals surface area contributed by atoms with E-state index in [4.69, 9.17) is 5.11 Å². The summed E-state index contributed by atoms with van der Waals surface area (Å²) in [6, 6.07) is 0.102. The molecule has 4 nitrogen and oxygen atoms in total. The summed E-state index contributed by atoms with van der Waals surface area (Å²) in [5.41, 5.74) is -4.44. The number of rotatable bonds is 1.